The molecule has 12 heavy (non-hydrogen) atoms. The third-order valence-electron chi connectivity index (χ3n) is 1.08. The number of carboxylic acid groups (broad SMARTS) is 1. The Morgan fingerprint density at radius 1 is 1.42 bits per heavy atom. The first kappa shape index (κ1) is 11.6. The van der Waals surface area contributed by atoms with Crippen LogP contribution in [-0.2, 0) is 29.7 Å². The topological polar surface area (TPSA) is 63.3 Å². The Hall–Kier alpha value is -0.415. The summed E-state index contributed by atoms with van der Waals surface area (Å²) in [4.78, 5) is 9.00. The molecule has 0 radical (unpaired) electrons. The standard InChI is InChI=1S/C6H5.C2H4O2.Hg.H2N/c1-2-4-6-5-3-1;1-2(3)4;;/h1-5H;1H3,(H,3,4);;1H2/q;;+1;-1. The van der Waals surface area contributed by atoms with Crippen LogP contribution in [0.25, 0.3) is 0 Å². The van der Waals surface area contributed by atoms with Crippen LogP contribution in [0.1, 0.15) is 6.92 Å². The predicted molar refractivity (Wildman–Crippen MR) is 43.6 cm³/mol. The summed E-state index contributed by atoms with van der Waals surface area (Å²) in [6.45, 7) is 1.08. The summed E-state index contributed by atoms with van der Waals surface area (Å²) in [6.07, 6.45) is 0. The van der Waals surface area contributed by atoms with Crippen LogP contribution in [0.4, 0.5) is 0 Å². The number of hydrogen-bond acceptors (Lipinski definition) is 2. The second-order valence-corrected chi connectivity index (χ2v) is 6.97. The van der Waals surface area contributed by atoms with E-state index in [0.717, 1.165) is 6.92 Å². The fourth-order valence-electron chi connectivity index (χ4n) is 0.614. The zero-order chi connectivity index (χ0) is 9.40. The summed E-state index contributed by atoms with van der Waals surface area (Å²) in [7, 11) is 0. The van der Waals surface area contributed by atoms with Gasteiger partial charge in [0.1, 0.15) is 0 Å². The second kappa shape index (κ2) is 7.25. The summed E-state index contributed by atoms with van der Waals surface area (Å²) in [5.74, 6) is -0.833. The molecule has 0 saturated heterocycles. The van der Waals surface area contributed by atoms with E-state index < -0.39 is 30.8 Å². The van der Waals surface area contributed by atoms with Crippen molar-refractivity contribution in [2.45, 2.75) is 6.92 Å². The van der Waals surface area contributed by atoms with E-state index in [1.807, 2.05) is 18.2 Å². The van der Waals surface area contributed by atoms with Gasteiger partial charge >= 0.3 is 61.8 Å². The molecule has 0 aliphatic rings. The fourth-order valence-corrected chi connectivity index (χ4v) is 2.73. The molecule has 0 aliphatic carbocycles. The van der Waals surface area contributed by atoms with Crippen LogP contribution in [0.15, 0.2) is 30.3 Å². The third kappa shape index (κ3) is 7.69. The number of carbonyl (C=O) groups is 1. The van der Waals surface area contributed by atoms with Gasteiger partial charge in [0.25, 0.3) is 5.97 Å². The Morgan fingerprint density at radius 2 is 1.83 bits per heavy atom. The molecule has 1 aromatic carbocycles. The third-order valence-corrected chi connectivity index (χ3v) is 4.74. The van der Waals surface area contributed by atoms with E-state index in [2.05, 4.69) is 12.1 Å². The van der Waals surface area contributed by atoms with Gasteiger partial charge in [-0.1, -0.05) is 0 Å². The molecular weight excluding hydrogens is 343 g/mol. The molecule has 3 nitrogen and oxygen atoms in total. The fraction of sp³-hybridized carbons (Fsp3) is 0.125. The van der Waals surface area contributed by atoms with Crippen LogP contribution < -0.4 is 6.57 Å². The maximum atomic E-state index is 9.00. The van der Waals surface area contributed by atoms with Crippen molar-refractivity contribution in [1.29, 1.82) is 0 Å². The van der Waals surface area contributed by atoms with E-state index >= 15 is 0 Å². The maximum absolute atomic E-state index is 9.00. The van der Waals surface area contributed by atoms with Crippen LogP contribution in [-0.4, -0.2) is 11.1 Å². The molecule has 1 aromatic rings. The number of aliphatic carboxylic acids is 1. The van der Waals surface area contributed by atoms with Crippen molar-refractivity contribution in [2.75, 3.05) is 0 Å². The Bertz CT molecular complexity index is 222. The minimum absolute atomic E-state index is 0.833. The van der Waals surface area contributed by atoms with E-state index in [4.69, 9.17) is 13.4 Å². The van der Waals surface area contributed by atoms with Crippen molar-refractivity contribution < 1.29 is 34.8 Å². The van der Waals surface area contributed by atoms with Gasteiger partial charge in [0, 0.05) is 6.92 Å². The molecule has 62 valence electrons. The van der Waals surface area contributed by atoms with Gasteiger partial charge in [0.2, 0.25) is 0 Å². The molecule has 3 N–H and O–H groups in total. The molecule has 0 unspecified atom stereocenters. The summed E-state index contributed by atoms with van der Waals surface area (Å²) in [6, 6.07) is 10.3. The predicted octanol–water partition coefficient (Wildman–Crippen LogP) is 0.359. The number of carboxylic acids is 1. The van der Waals surface area contributed by atoms with Gasteiger partial charge in [-0.05, 0) is 0 Å². The van der Waals surface area contributed by atoms with Gasteiger partial charge < -0.3 is 5.11 Å². The number of rotatable bonds is 1. The number of benzene rings is 1. The Kier molecular flexibility index (Phi) is 7.00. The zero-order valence-electron chi connectivity index (χ0n) is 7.03. The van der Waals surface area contributed by atoms with Crippen LogP contribution in [0.5, 0.6) is 0 Å². The number of hydrogen-bond donors (Lipinski definition) is 2. The molecule has 0 bridgehead atoms. The van der Waals surface area contributed by atoms with E-state index in [9.17, 15) is 0 Å². The quantitative estimate of drug-likeness (QED) is 0.717. The molecule has 0 amide bonds. The van der Waals surface area contributed by atoms with Crippen molar-refractivity contribution in [3.8, 4) is 0 Å². The molecule has 4 heteroatoms. The number of nitrogens with two attached hydrogens (primary N) is 1. The minimum atomic E-state index is -1.04. The first-order valence-electron chi connectivity index (χ1n) is 3.60. The van der Waals surface area contributed by atoms with Gasteiger partial charge in [-0.3, -0.25) is 4.79 Å². The van der Waals surface area contributed by atoms with Crippen LogP contribution in [0.2, 0.25) is 0 Å². The van der Waals surface area contributed by atoms with Gasteiger partial charge in [0.05, 0.1) is 0 Å². The molecule has 1 rings (SSSR count). The Morgan fingerprint density at radius 3 is 2.08 bits per heavy atom. The van der Waals surface area contributed by atoms with Crippen molar-refractivity contribution in [3.05, 3.63) is 30.3 Å². The molecule has 0 saturated carbocycles. The van der Waals surface area contributed by atoms with E-state index in [0.29, 0.717) is 0 Å². The van der Waals surface area contributed by atoms with Crippen molar-refractivity contribution >= 4 is 9.04 Å². The van der Waals surface area contributed by atoms with E-state index in [1.165, 1.54) is 3.07 Å². The molecule has 0 aliphatic heterocycles. The molecule has 0 fully saturated rings. The Labute approximate surface area is 84.4 Å². The average molecular weight is 354 g/mol. The first-order valence-corrected chi connectivity index (χ1v) is 9.52. The van der Waals surface area contributed by atoms with Crippen LogP contribution >= 0.6 is 0 Å². The van der Waals surface area contributed by atoms with Gasteiger partial charge in [0.15, 0.2) is 0 Å². The van der Waals surface area contributed by atoms with E-state index in [1.54, 1.807) is 0 Å². The van der Waals surface area contributed by atoms with Crippen LogP contribution in [0, 0.1) is 0 Å². The molecule has 0 heterocycles. The van der Waals surface area contributed by atoms with E-state index in [-0.39, 0.29) is 0 Å². The summed E-state index contributed by atoms with van der Waals surface area (Å²) >= 11 is -1.04. The summed E-state index contributed by atoms with van der Waals surface area (Å²) in [5, 5.41) is 7.42. The van der Waals surface area contributed by atoms with Crippen LogP contribution in [0.3, 0.4) is 0 Å². The summed E-state index contributed by atoms with van der Waals surface area (Å²) in [5.41, 5.74) is 0. The summed E-state index contributed by atoms with van der Waals surface area (Å²) < 4.78 is 6.98. The molecular formula is C8H11HgNO2. The molecule has 0 atom stereocenters. The zero-order valence-corrected chi connectivity index (χ0v) is 12.5. The van der Waals surface area contributed by atoms with Gasteiger partial charge in [-0.2, -0.15) is 0 Å². The van der Waals surface area contributed by atoms with Gasteiger partial charge in [-0.25, -0.2) is 0 Å². The van der Waals surface area contributed by atoms with Crippen molar-refractivity contribution in [1.82, 2.24) is 0 Å². The van der Waals surface area contributed by atoms with Crippen molar-refractivity contribution in [3.63, 3.8) is 0 Å². The molecule has 0 aromatic heterocycles. The Balaban J connectivity index is 0.000000261. The first-order chi connectivity index (χ1) is 5.66. The second-order valence-electron chi connectivity index (χ2n) is 2.21. The monoisotopic (exact) mass is 355 g/mol. The molecule has 0 spiro atoms. The average Bonchev–Trinajstić information content (AvgIpc) is 2.05. The normalized spacial score (nSPS) is 7.50. The SMILES string of the molecule is CC(=O)O.[NH2][Hg][c]1ccccc1. The van der Waals surface area contributed by atoms with Crippen molar-refractivity contribution in [2.24, 2.45) is 3.50 Å². The van der Waals surface area contributed by atoms with Gasteiger partial charge in [-0.15, -0.1) is 0 Å².